The molecule has 1 aromatic heterocycles. The van der Waals surface area contributed by atoms with E-state index in [0.717, 1.165) is 16.3 Å². The number of aromatic nitrogens is 1. The number of pyridine rings is 1. The fraction of sp³-hybridized carbons (Fsp3) is 0.425. The van der Waals surface area contributed by atoms with Crippen molar-refractivity contribution >= 4 is 27.8 Å². The Labute approximate surface area is 318 Å². The highest BCUT2D eigenvalue weighted by molar-refractivity contribution is 9.10. The number of aromatic hydroxyl groups is 1. The van der Waals surface area contributed by atoms with E-state index in [2.05, 4.69) is 21.2 Å². The number of esters is 1. The Morgan fingerprint density at radius 1 is 1.09 bits per heavy atom. The highest BCUT2D eigenvalue weighted by Gasteiger charge is 2.40. The quantitative estimate of drug-likeness (QED) is 0.143. The van der Waals surface area contributed by atoms with E-state index in [1.54, 1.807) is 69.0 Å². The van der Waals surface area contributed by atoms with E-state index in [1.807, 2.05) is 0 Å². The number of aryl methyl sites for hydroxylation is 2. The fourth-order valence-corrected chi connectivity index (χ4v) is 7.81. The summed E-state index contributed by atoms with van der Waals surface area (Å²) in [5.41, 5.74) is -0.224. The zero-order valence-electron chi connectivity index (χ0n) is 30.6. The van der Waals surface area contributed by atoms with Crippen LogP contribution in [-0.2, 0) is 26.9 Å². The molecule has 1 saturated heterocycles. The average molecular weight is 821 g/mol. The molecule has 3 unspecified atom stereocenters. The molecule has 2 aromatic carbocycles. The monoisotopic (exact) mass is 819 g/mol. The van der Waals surface area contributed by atoms with Crippen LogP contribution in [0.1, 0.15) is 72.5 Å². The highest BCUT2D eigenvalue weighted by atomic mass is 79.9. The second-order valence-corrected chi connectivity index (χ2v) is 14.9. The molecule has 0 saturated carbocycles. The van der Waals surface area contributed by atoms with Gasteiger partial charge in [0, 0.05) is 47.9 Å². The smallest absolute Gasteiger partial charge is 0.416 e. The van der Waals surface area contributed by atoms with Gasteiger partial charge in [0.05, 0.1) is 24.6 Å². The van der Waals surface area contributed by atoms with Gasteiger partial charge in [-0.15, -0.1) is 0 Å². The number of amides is 1. The largest absolute Gasteiger partial charge is 0.508 e. The SMILES string of the molecule is CCOC(=O)C[C@H](NC(=O)C(c1cc(Br)ccc1C)n1cc(CCN2CC(F)C2)c(C(F)(F)F)cc1=O)C1=C(F)C(C)=CC(c2c(C)cccc2O)C1C. The maximum absolute atomic E-state index is 16.4. The summed E-state index contributed by atoms with van der Waals surface area (Å²) >= 11 is 3.39. The zero-order chi connectivity index (χ0) is 39.6. The van der Waals surface area contributed by atoms with Gasteiger partial charge in [-0.05, 0) is 91.6 Å². The minimum absolute atomic E-state index is 0.00220. The Balaban J connectivity index is 1.63. The number of rotatable bonds is 12. The molecular weight excluding hydrogens is 777 g/mol. The molecule has 0 spiro atoms. The number of carbonyl (C=O) groups is 2. The van der Waals surface area contributed by atoms with Crippen LogP contribution in [-0.4, -0.2) is 64.9 Å². The summed E-state index contributed by atoms with van der Waals surface area (Å²) in [6, 6.07) is 7.49. The van der Waals surface area contributed by atoms with Gasteiger partial charge in [0.1, 0.15) is 23.8 Å². The van der Waals surface area contributed by atoms with Gasteiger partial charge in [-0.2, -0.15) is 13.2 Å². The van der Waals surface area contributed by atoms with Gasteiger partial charge in [0.25, 0.3) is 5.56 Å². The van der Waals surface area contributed by atoms with Crippen LogP contribution in [0.15, 0.2) is 81.0 Å². The first-order valence-corrected chi connectivity index (χ1v) is 18.5. The first-order chi connectivity index (χ1) is 25.4. The molecule has 4 atom stereocenters. The van der Waals surface area contributed by atoms with Crippen molar-refractivity contribution in [1.82, 2.24) is 14.8 Å². The van der Waals surface area contributed by atoms with Crippen LogP contribution in [0, 0.1) is 19.8 Å². The molecule has 290 valence electrons. The number of allylic oxidation sites excluding steroid dienone is 3. The number of carbonyl (C=O) groups excluding carboxylic acids is 2. The van der Waals surface area contributed by atoms with Gasteiger partial charge in [0.2, 0.25) is 5.91 Å². The molecule has 14 heteroatoms. The number of phenols is 1. The van der Waals surface area contributed by atoms with Crippen molar-refractivity contribution in [2.45, 2.75) is 77.8 Å². The Bertz CT molecular complexity index is 2020. The molecule has 1 fully saturated rings. The number of ether oxygens (including phenoxy) is 1. The minimum atomic E-state index is -4.89. The number of halogens is 6. The van der Waals surface area contributed by atoms with Crippen LogP contribution in [0.2, 0.25) is 0 Å². The van der Waals surface area contributed by atoms with Crippen molar-refractivity contribution < 1.29 is 41.4 Å². The van der Waals surface area contributed by atoms with Crippen LogP contribution in [0.4, 0.5) is 22.0 Å². The normalized spacial score (nSPS) is 19.2. The lowest BCUT2D eigenvalue weighted by molar-refractivity contribution is -0.143. The zero-order valence-corrected chi connectivity index (χ0v) is 32.2. The Hall–Kier alpha value is -4.30. The van der Waals surface area contributed by atoms with Crippen molar-refractivity contribution in [2.24, 2.45) is 5.92 Å². The third kappa shape index (κ3) is 8.80. The van der Waals surface area contributed by atoms with Crippen molar-refractivity contribution in [3.63, 3.8) is 0 Å². The van der Waals surface area contributed by atoms with Crippen LogP contribution in [0.25, 0.3) is 0 Å². The Morgan fingerprint density at radius 2 is 1.80 bits per heavy atom. The molecule has 1 aliphatic heterocycles. The van der Waals surface area contributed by atoms with Gasteiger partial charge in [-0.3, -0.25) is 23.9 Å². The summed E-state index contributed by atoms with van der Waals surface area (Å²) in [6.07, 6.45) is -3.97. The lowest BCUT2D eigenvalue weighted by atomic mass is 9.73. The maximum atomic E-state index is 16.4. The van der Waals surface area contributed by atoms with Crippen LogP contribution in [0.3, 0.4) is 0 Å². The van der Waals surface area contributed by atoms with E-state index in [-0.39, 0.29) is 60.7 Å². The van der Waals surface area contributed by atoms with Crippen molar-refractivity contribution in [3.8, 4) is 5.75 Å². The summed E-state index contributed by atoms with van der Waals surface area (Å²) in [7, 11) is 0. The molecule has 54 heavy (non-hydrogen) atoms. The summed E-state index contributed by atoms with van der Waals surface area (Å²) in [6.45, 7) is 8.57. The summed E-state index contributed by atoms with van der Waals surface area (Å²) in [5, 5.41) is 13.7. The molecule has 5 rings (SSSR count). The standard InChI is InChI=1S/C40H43BrF5N3O5/c1-6-54-34(52)17-31(36-24(5)29(14-23(4)37(36)43)35-22(3)8-7-9-32(35)50)47-39(53)38(28-15-26(41)11-10-21(28)2)49-18-25(12-13-48-19-27(42)20-48)30(16-33(49)51)40(44,45)46/h7-11,14-16,18,24,27,29,31,38,50H,6,12-13,17,19-20H2,1-5H3,(H,47,53)/t24?,29?,31-,38?/m0/s1. The van der Waals surface area contributed by atoms with E-state index in [9.17, 15) is 37.1 Å². The van der Waals surface area contributed by atoms with Crippen molar-refractivity contribution in [2.75, 3.05) is 26.2 Å². The van der Waals surface area contributed by atoms with Crippen LogP contribution < -0.4 is 10.9 Å². The number of likely N-dealkylation sites (tertiary alicyclic amines) is 1. The molecule has 2 aliphatic rings. The molecule has 8 nitrogen and oxygen atoms in total. The third-order valence-electron chi connectivity index (χ3n) is 10.2. The van der Waals surface area contributed by atoms with E-state index in [4.69, 9.17) is 4.74 Å². The molecule has 2 heterocycles. The lowest BCUT2D eigenvalue weighted by Gasteiger charge is -2.36. The Morgan fingerprint density at radius 3 is 2.43 bits per heavy atom. The summed E-state index contributed by atoms with van der Waals surface area (Å²) in [4.78, 5) is 43.2. The van der Waals surface area contributed by atoms with Crippen LogP contribution >= 0.6 is 15.9 Å². The van der Waals surface area contributed by atoms with Crippen LogP contribution in [0.5, 0.6) is 5.75 Å². The van der Waals surface area contributed by atoms with Gasteiger partial charge in [0.15, 0.2) is 0 Å². The highest BCUT2D eigenvalue weighted by Crippen LogP contribution is 2.45. The molecule has 1 amide bonds. The predicted molar refractivity (Wildman–Crippen MR) is 198 cm³/mol. The summed E-state index contributed by atoms with van der Waals surface area (Å²) < 4.78 is 79.5. The first-order valence-electron chi connectivity index (χ1n) is 17.7. The minimum Gasteiger partial charge on any atom is -0.508 e. The van der Waals surface area contributed by atoms with E-state index < -0.39 is 71.5 Å². The van der Waals surface area contributed by atoms with E-state index in [0.29, 0.717) is 21.7 Å². The molecule has 3 aromatic rings. The molecule has 0 radical (unpaired) electrons. The molecule has 0 bridgehead atoms. The number of benzene rings is 2. The Kier molecular flexibility index (Phi) is 12.6. The number of phenolic OH excluding ortho intramolecular Hbond substituents is 1. The molecule has 1 aliphatic carbocycles. The fourth-order valence-electron chi connectivity index (χ4n) is 7.43. The first kappa shape index (κ1) is 40.9. The number of hydrogen-bond donors (Lipinski definition) is 2. The molecular formula is C40H43BrF5N3O5. The number of nitrogens with one attached hydrogen (secondary N) is 1. The van der Waals surface area contributed by atoms with Gasteiger partial charge >= 0.3 is 12.1 Å². The number of alkyl halides is 4. The maximum Gasteiger partial charge on any atom is 0.416 e. The van der Waals surface area contributed by atoms with E-state index in [1.165, 1.54) is 13.0 Å². The third-order valence-corrected chi connectivity index (χ3v) is 10.7. The van der Waals surface area contributed by atoms with Gasteiger partial charge in [-0.25, -0.2) is 8.78 Å². The lowest BCUT2D eigenvalue weighted by Crippen LogP contribution is -2.49. The van der Waals surface area contributed by atoms with Crippen molar-refractivity contribution in [1.29, 1.82) is 0 Å². The summed E-state index contributed by atoms with van der Waals surface area (Å²) in [5.74, 6) is -3.60. The molecule has 2 N–H and O–H groups in total. The van der Waals surface area contributed by atoms with E-state index >= 15 is 4.39 Å². The topological polar surface area (TPSA) is 101 Å². The number of hydrogen-bond acceptors (Lipinski definition) is 6. The van der Waals surface area contributed by atoms with Gasteiger partial charge < -0.3 is 15.2 Å². The average Bonchev–Trinajstić information content (AvgIpc) is 3.07. The van der Waals surface area contributed by atoms with Gasteiger partial charge in [-0.1, -0.05) is 47.1 Å². The second-order valence-electron chi connectivity index (χ2n) is 14.0. The second kappa shape index (κ2) is 16.6. The van der Waals surface area contributed by atoms with Crippen molar-refractivity contribution in [3.05, 3.63) is 120 Å². The predicted octanol–water partition coefficient (Wildman–Crippen LogP) is 7.78. The number of nitrogens with zero attached hydrogens (tertiary/aromatic N) is 2.